The van der Waals surface area contributed by atoms with E-state index in [1.54, 1.807) is 74.5 Å². The lowest BCUT2D eigenvalue weighted by Crippen LogP contribution is -2.51. The van der Waals surface area contributed by atoms with E-state index in [9.17, 15) is 24.5 Å². The predicted octanol–water partition coefficient (Wildman–Crippen LogP) is 5.02. The number of hydrogen-bond acceptors (Lipinski definition) is 8. The van der Waals surface area contributed by atoms with E-state index >= 15 is 0 Å². The van der Waals surface area contributed by atoms with Gasteiger partial charge in [0.1, 0.15) is 6.10 Å². The van der Waals surface area contributed by atoms with Gasteiger partial charge in [0.05, 0.1) is 30.2 Å². The summed E-state index contributed by atoms with van der Waals surface area (Å²) in [5.41, 5.74) is -1.26. The Kier molecular flexibility index (Phi) is 7.97. The lowest BCUT2D eigenvalue weighted by atomic mass is 9.66. The van der Waals surface area contributed by atoms with Gasteiger partial charge in [-0.05, 0) is 37.1 Å². The van der Waals surface area contributed by atoms with Gasteiger partial charge >= 0.3 is 11.9 Å². The van der Waals surface area contributed by atoms with Gasteiger partial charge in [0.25, 0.3) is 5.69 Å². The SMILES string of the molecule is CCOC(=O)C1(C(=O)OCC)[C@@H](c2ccc([N+](=O)[O-])cc2)O[C@@H](c2ccccc2)[C@H]1C(=O)c1ccccc1. The molecule has 0 amide bonds. The molecule has 38 heavy (non-hydrogen) atoms. The van der Waals surface area contributed by atoms with Gasteiger partial charge in [0.15, 0.2) is 5.78 Å². The van der Waals surface area contributed by atoms with E-state index in [0.717, 1.165) is 0 Å². The Bertz CT molecular complexity index is 1290. The van der Waals surface area contributed by atoms with E-state index in [1.165, 1.54) is 24.3 Å². The molecule has 1 fully saturated rings. The monoisotopic (exact) mass is 517 g/mol. The number of carbonyl (C=O) groups is 3. The number of hydrogen-bond donors (Lipinski definition) is 0. The second-order valence-electron chi connectivity index (χ2n) is 8.71. The number of benzene rings is 3. The van der Waals surface area contributed by atoms with Crippen LogP contribution in [0.1, 0.15) is 47.5 Å². The van der Waals surface area contributed by atoms with Gasteiger partial charge in [-0.15, -0.1) is 0 Å². The number of ether oxygens (including phenoxy) is 3. The molecule has 0 N–H and O–H groups in total. The molecule has 3 aromatic carbocycles. The second-order valence-corrected chi connectivity index (χ2v) is 8.71. The smallest absolute Gasteiger partial charge is 0.327 e. The summed E-state index contributed by atoms with van der Waals surface area (Å²) in [4.78, 5) is 52.7. The minimum absolute atomic E-state index is 0.0603. The summed E-state index contributed by atoms with van der Waals surface area (Å²) in [5, 5.41) is 11.3. The Balaban J connectivity index is 2.01. The molecule has 1 heterocycles. The molecule has 4 rings (SSSR count). The Labute approximate surface area is 219 Å². The molecule has 1 aliphatic heterocycles. The Morgan fingerprint density at radius 3 is 1.84 bits per heavy atom. The zero-order valence-electron chi connectivity index (χ0n) is 20.9. The fraction of sp³-hybridized carbons (Fsp3) is 0.276. The van der Waals surface area contributed by atoms with Crippen molar-refractivity contribution >= 4 is 23.4 Å². The van der Waals surface area contributed by atoms with Gasteiger partial charge in [-0.2, -0.15) is 0 Å². The van der Waals surface area contributed by atoms with Crippen LogP contribution in [0.5, 0.6) is 0 Å². The summed E-state index contributed by atoms with van der Waals surface area (Å²) in [5.74, 6) is -3.78. The maximum atomic E-state index is 14.2. The van der Waals surface area contributed by atoms with E-state index in [0.29, 0.717) is 11.1 Å². The van der Waals surface area contributed by atoms with Gasteiger partial charge in [0, 0.05) is 17.7 Å². The number of nitro groups is 1. The molecule has 0 bridgehead atoms. The van der Waals surface area contributed by atoms with E-state index in [-0.39, 0.29) is 24.5 Å². The number of esters is 2. The third kappa shape index (κ3) is 4.68. The molecular weight excluding hydrogens is 490 g/mol. The van der Waals surface area contributed by atoms with Crippen LogP contribution in [-0.2, 0) is 23.8 Å². The lowest BCUT2D eigenvalue weighted by Gasteiger charge is -2.33. The second kappa shape index (κ2) is 11.4. The Morgan fingerprint density at radius 1 is 0.816 bits per heavy atom. The number of carbonyl (C=O) groups excluding carboxylic acids is 3. The van der Waals surface area contributed by atoms with Crippen molar-refractivity contribution in [1.82, 2.24) is 0 Å². The van der Waals surface area contributed by atoms with Crippen molar-refractivity contribution in [3.63, 3.8) is 0 Å². The van der Waals surface area contributed by atoms with Crippen LogP contribution in [0.3, 0.4) is 0 Å². The predicted molar refractivity (Wildman–Crippen MR) is 136 cm³/mol. The first-order chi connectivity index (χ1) is 18.4. The molecule has 0 spiro atoms. The summed E-state index contributed by atoms with van der Waals surface area (Å²) in [6.45, 7) is 3.07. The molecule has 9 heteroatoms. The van der Waals surface area contributed by atoms with E-state index in [2.05, 4.69) is 0 Å². The number of rotatable bonds is 9. The highest BCUT2D eigenvalue weighted by atomic mass is 16.6. The molecule has 1 saturated heterocycles. The first kappa shape index (κ1) is 26.7. The number of nitro benzene ring substituents is 1. The molecule has 0 aliphatic carbocycles. The first-order valence-corrected chi connectivity index (χ1v) is 12.2. The van der Waals surface area contributed by atoms with Gasteiger partial charge in [-0.3, -0.25) is 24.5 Å². The van der Waals surface area contributed by atoms with E-state index in [4.69, 9.17) is 14.2 Å². The minimum atomic E-state index is -2.23. The van der Waals surface area contributed by atoms with Crippen LogP contribution in [0.2, 0.25) is 0 Å². The molecule has 1 aliphatic rings. The third-order valence-electron chi connectivity index (χ3n) is 6.59. The van der Waals surface area contributed by atoms with Crippen LogP contribution in [0.15, 0.2) is 84.9 Å². The molecule has 3 atom stereocenters. The van der Waals surface area contributed by atoms with Crippen LogP contribution in [0.25, 0.3) is 0 Å². The van der Waals surface area contributed by atoms with Crippen LogP contribution < -0.4 is 0 Å². The normalized spacial score (nSPS) is 19.9. The minimum Gasteiger partial charge on any atom is -0.465 e. The molecule has 196 valence electrons. The molecule has 0 aromatic heterocycles. The summed E-state index contributed by atoms with van der Waals surface area (Å²) >= 11 is 0. The fourth-order valence-corrected chi connectivity index (χ4v) is 4.94. The van der Waals surface area contributed by atoms with E-state index < -0.39 is 46.2 Å². The van der Waals surface area contributed by atoms with Crippen molar-refractivity contribution in [2.75, 3.05) is 13.2 Å². The third-order valence-corrected chi connectivity index (χ3v) is 6.59. The van der Waals surface area contributed by atoms with Crippen molar-refractivity contribution in [2.45, 2.75) is 26.1 Å². The summed E-state index contributed by atoms with van der Waals surface area (Å²) in [7, 11) is 0. The highest BCUT2D eigenvalue weighted by Crippen LogP contribution is 2.59. The van der Waals surface area contributed by atoms with Crippen molar-refractivity contribution in [3.8, 4) is 0 Å². The molecule has 0 radical (unpaired) electrons. The van der Waals surface area contributed by atoms with Gasteiger partial charge in [-0.25, -0.2) is 0 Å². The molecule has 0 saturated carbocycles. The number of non-ortho nitro benzene ring substituents is 1. The van der Waals surface area contributed by atoms with Crippen LogP contribution in [0.4, 0.5) is 5.69 Å². The first-order valence-electron chi connectivity index (χ1n) is 12.2. The van der Waals surface area contributed by atoms with Crippen LogP contribution >= 0.6 is 0 Å². The zero-order chi connectivity index (χ0) is 27.3. The Hall–Kier alpha value is -4.37. The highest BCUT2D eigenvalue weighted by molar-refractivity contribution is 6.10. The largest absolute Gasteiger partial charge is 0.465 e. The van der Waals surface area contributed by atoms with Crippen molar-refractivity contribution < 1.29 is 33.5 Å². The molecule has 3 aromatic rings. The Morgan fingerprint density at radius 2 is 1.34 bits per heavy atom. The number of ketones is 1. The molecule has 9 nitrogen and oxygen atoms in total. The van der Waals surface area contributed by atoms with E-state index in [1.807, 2.05) is 0 Å². The fourth-order valence-electron chi connectivity index (χ4n) is 4.94. The number of nitrogens with zero attached hydrogens (tertiary/aromatic N) is 1. The molecular formula is C29H27NO8. The zero-order valence-corrected chi connectivity index (χ0v) is 20.9. The van der Waals surface area contributed by atoms with Gasteiger partial charge < -0.3 is 14.2 Å². The summed E-state index contributed by atoms with van der Waals surface area (Å²) < 4.78 is 17.3. The molecule has 0 unspecified atom stereocenters. The van der Waals surface area contributed by atoms with Crippen LogP contribution in [-0.4, -0.2) is 35.9 Å². The standard InChI is InChI=1S/C29H27NO8/c1-3-36-27(32)29(28(33)37-4-2)23(24(31)19-11-7-5-8-12-19)25(20-13-9-6-10-14-20)38-26(29)21-15-17-22(18-16-21)30(34)35/h5-18,23,25-26H,3-4H2,1-2H3/t23-,25+,26-/m1/s1. The van der Waals surface area contributed by atoms with Crippen molar-refractivity contribution in [2.24, 2.45) is 11.3 Å². The van der Waals surface area contributed by atoms with Crippen molar-refractivity contribution in [3.05, 3.63) is 112 Å². The quantitative estimate of drug-likeness (QED) is 0.128. The average molecular weight is 518 g/mol. The summed E-state index contributed by atoms with van der Waals surface area (Å²) in [6.07, 6.45) is -2.36. The topological polar surface area (TPSA) is 122 Å². The maximum Gasteiger partial charge on any atom is 0.327 e. The maximum absolute atomic E-state index is 14.2. The number of Topliss-reactive ketones (excluding diaryl/α,β-unsaturated/α-hetero) is 1. The van der Waals surface area contributed by atoms with Crippen LogP contribution in [0, 0.1) is 21.4 Å². The highest BCUT2D eigenvalue weighted by Gasteiger charge is 2.70. The average Bonchev–Trinajstić information content (AvgIpc) is 3.31. The van der Waals surface area contributed by atoms with Crippen molar-refractivity contribution in [1.29, 1.82) is 0 Å². The van der Waals surface area contributed by atoms with Gasteiger partial charge in [0.2, 0.25) is 5.41 Å². The summed E-state index contributed by atoms with van der Waals surface area (Å²) in [6, 6.07) is 22.5. The van der Waals surface area contributed by atoms with Gasteiger partial charge in [-0.1, -0.05) is 60.7 Å². The lowest BCUT2D eigenvalue weighted by molar-refractivity contribution is -0.384.